The zero-order chi connectivity index (χ0) is 21.0. The lowest BCUT2D eigenvalue weighted by Crippen LogP contribution is -2.52. The minimum atomic E-state index is -0.248. The van der Waals surface area contributed by atoms with Crippen molar-refractivity contribution in [2.45, 2.75) is 27.2 Å². The summed E-state index contributed by atoms with van der Waals surface area (Å²) in [6.45, 7) is 7.67. The molecule has 0 spiro atoms. The third-order valence-corrected chi connectivity index (χ3v) is 5.47. The summed E-state index contributed by atoms with van der Waals surface area (Å²) in [7, 11) is 0. The van der Waals surface area contributed by atoms with Crippen molar-refractivity contribution < 1.29 is 14.0 Å². The predicted octanol–water partition coefficient (Wildman–Crippen LogP) is 3.40. The maximum atomic E-state index is 14.0. The average Bonchev–Trinajstić information content (AvgIpc) is 2.72. The molecule has 0 saturated carbocycles. The van der Waals surface area contributed by atoms with Gasteiger partial charge in [-0.2, -0.15) is 0 Å². The van der Waals surface area contributed by atoms with Crippen molar-refractivity contribution in [1.29, 1.82) is 0 Å². The van der Waals surface area contributed by atoms with E-state index in [0.29, 0.717) is 31.9 Å². The fourth-order valence-electron chi connectivity index (χ4n) is 3.88. The highest BCUT2D eigenvalue weighted by atomic mass is 19.1. The molecular weight excluding hydrogens is 369 g/mol. The molecule has 5 nitrogen and oxygen atoms in total. The molecule has 0 radical (unpaired) electrons. The Bertz CT molecular complexity index is 891. The van der Waals surface area contributed by atoms with E-state index in [1.165, 1.54) is 13.0 Å². The fourth-order valence-corrected chi connectivity index (χ4v) is 3.88. The smallest absolute Gasteiger partial charge is 0.242 e. The molecule has 1 aliphatic rings. The molecule has 1 saturated heterocycles. The van der Waals surface area contributed by atoms with E-state index >= 15 is 0 Å². The highest BCUT2D eigenvalue weighted by molar-refractivity contribution is 5.98. The van der Waals surface area contributed by atoms with Crippen LogP contribution in [0.2, 0.25) is 0 Å². The van der Waals surface area contributed by atoms with E-state index in [4.69, 9.17) is 0 Å². The Morgan fingerprint density at radius 1 is 1.03 bits per heavy atom. The van der Waals surface area contributed by atoms with Gasteiger partial charge < -0.3 is 14.7 Å². The number of anilines is 2. The standard InChI is InChI=1S/C23H28FN3O2/c1-4-19-9-7-8-17(2)23(19)27(18(3)28)16-22(29)26-14-12-25(13-15-26)21-11-6-5-10-20(21)24/h5-11H,4,12-16H2,1-3H3. The normalized spacial score (nSPS) is 14.1. The van der Waals surface area contributed by atoms with E-state index in [0.717, 1.165) is 23.2 Å². The lowest BCUT2D eigenvalue weighted by molar-refractivity contribution is -0.131. The van der Waals surface area contributed by atoms with Crippen molar-refractivity contribution in [3.05, 3.63) is 59.4 Å². The summed E-state index contributed by atoms with van der Waals surface area (Å²) in [4.78, 5) is 30.6. The Labute approximate surface area is 171 Å². The summed E-state index contributed by atoms with van der Waals surface area (Å²) in [6, 6.07) is 12.6. The topological polar surface area (TPSA) is 43.9 Å². The lowest BCUT2D eigenvalue weighted by Gasteiger charge is -2.37. The maximum Gasteiger partial charge on any atom is 0.242 e. The number of nitrogens with zero attached hydrogens (tertiary/aromatic N) is 3. The lowest BCUT2D eigenvalue weighted by atomic mass is 10.0. The predicted molar refractivity (Wildman–Crippen MR) is 114 cm³/mol. The molecule has 2 aromatic carbocycles. The summed E-state index contributed by atoms with van der Waals surface area (Å²) in [5.41, 5.74) is 3.44. The number of para-hydroxylation sites is 2. The van der Waals surface area contributed by atoms with Gasteiger partial charge in [0.2, 0.25) is 11.8 Å². The van der Waals surface area contributed by atoms with Gasteiger partial charge in [-0.05, 0) is 36.6 Å². The van der Waals surface area contributed by atoms with Crippen LogP contribution in [0.15, 0.2) is 42.5 Å². The first-order valence-electron chi connectivity index (χ1n) is 10.1. The van der Waals surface area contributed by atoms with E-state index in [1.807, 2.05) is 43.0 Å². The van der Waals surface area contributed by atoms with Crippen LogP contribution in [0.1, 0.15) is 25.0 Å². The first-order valence-corrected chi connectivity index (χ1v) is 10.1. The third-order valence-electron chi connectivity index (χ3n) is 5.47. The van der Waals surface area contributed by atoms with Gasteiger partial charge in [0.15, 0.2) is 0 Å². The number of amides is 2. The van der Waals surface area contributed by atoms with Crippen LogP contribution in [0.4, 0.5) is 15.8 Å². The van der Waals surface area contributed by atoms with Gasteiger partial charge in [0.25, 0.3) is 0 Å². The molecule has 1 fully saturated rings. The van der Waals surface area contributed by atoms with Gasteiger partial charge in [0, 0.05) is 33.1 Å². The summed E-state index contributed by atoms with van der Waals surface area (Å²) in [5.74, 6) is -0.479. The highest BCUT2D eigenvalue weighted by Crippen LogP contribution is 2.26. The number of halogens is 1. The summed E-state index contributed by atoms with van der Waals surface area (Å²) < 4.78 is 14.0. The van der Waals surface area contributed by atoms with Crippen LogP contribution < -0.4 is 9.80 Å². The van der Waals surface area contributed by atoms with Crippen LogP contribution in [-0.4, -0.2) is 49.4 Å². The molecule has 0 N–H and O–H groups in total. The molecule has 0 aliphatic carbocycles. The SMILES string of the molecule is CCc1cccc(C)c1N(CC(=O)N1CCN(c2ccccc2F)CC1)C(C)=O. The summed E-state index contributed by atoms with van der Waals surface area (Å²) in [6.07, 6.45) is 0.788. The zero-order valence-electron chi connectivity index (χ0n) is 17.3. The Morgan fingerprint density at radius 3 is 2.34 bits per heavy atom. The minimum Gasteiger partial charge on any atom is -0.366 e. The van der Waals surface area contributed by atoms with E-state index in [2.05, 4.69) is 0 Å². The Morgan fingerprint density at radius 2 is 1.72 bits per heavy atom. The molecule has 2 aromatic rings. The summed E-state index contributed by atoms with van der Waals surface area (Å²) >= 11 is 0. The van der Waals surface area contributed by atoms with Gasteiger partial charge in [0.05, 0.1) is 11.4 Å². The van der Waals surface area contributed by atoms with E-state index < -0.39 is 0 Å². The van der Waals surface area contributed by atoms with Gasteiger partial charge in [-0.3, -0.25) is 9.59 Å². The quantitative estimate of drug-likeness (QED) is 0.777. The van der Waals surface area contributed by atoms with Crippen molar-refractivity contribution in [2.75, 3.05) is 42.5 Å². The molecule has 0 unspecified atom stereocenters. The van der Waals surface area contributed by atoms with Crippen molar-refractivity contribution in [3.63, 3.8) is 0 Å². The monoisotopic (exact) mass is 397 g/mol. The number of rotatable bonds is 5. The van der Waals surface area contributed by atoms with Crippen LogP contribution in [0, 0.1) is 12.7 Å². The maximum absolute atomic E-state index is 14.0. The number of piperazine rings is 1. The van der Waals surface area contributed by atoms with Gasteiger partial charge in [-0.15, -0.1) is 0 Å². The van der Waals surface area contributed by atoms with Gasteiger partial charge in [-0.1, -0.05) is 37.3 Å². The molecular formula is C23H28FN3O2. The molecule has 1 heterocycles. The van der Waals surface area contributed by atoms with Crippen LogP contribution in [-0.2, 0) is 16.0 Å². The zero-order valence-corrected chi connectivity index (χ0v) is 17.3. The third kappa shape index (κ3) is 4.58. The molecule has 29 heavy (non-hydrogen) atoms. The molecule has 2 amide bonds. The minimum absolute atomic E-state index is 0.0207. The molecule has 0 aromatic heterocycles. The first kappa shape index (κ1) is 20.8. The number of carbonyl (C=O) groups excluding carboxylic acids is 2. The van der Waals surface area contributed by atoms with E-state index in [1.54, 1.807) is 21.9 Å². The molecule has 6 heteroatoms. The molecule has 3 rings (SSSR count). The van der Waals surface area contributed by atoms with Crippen LogP contribution in [0.25, 0.3) is 0 Å². The summed E-state index contributed by atoms with van der Waals surface area (Å²) in [5, 5.41) is 0. The average molecular weight is 397 g/mol. The van der Waals surface area contributed by atoms with Gasteiger partial charge in [0.1, 0.15) is 12.4 Å². The van der Waals surface area contributed by atoms with E-state index in [-0.39, 0.29) is 24.2 Å². The second-order valence-corrected chi connectivity index (χ2v) is 7.36. The second kappa shape index (κ2) is 9.07. The number of hydrogen-bond acceptors (Lipinski definition) is 3. The van der Waals surface area contributed by atoms with Crippen LogP contribution >= 0.6 is 0 Å². The molecule has 0 atom stereocenters. The highest BCUT2D eigenvalue weighted by Gasteiger charge is 2.26. The fraction of sp³-hybridized carbons (Fsp3) is 0.391. The van der Waals surface area contributed by atoms with Crippen LogP contribution in [0.5, 0.6) is 0 Å². The largest absolute Gasteiger partial charge is 0.366 e. The number of carbonyl (C=O) groups is 2. The molecule has 0 bridgehead atoms. The van der Waals surface area contributed by atoms with Crippen molar-refractivity contribution >= 4 is 23.2 Å². The van der Waals surface area contributed by atoms with Crippen LogP contribution in [0.3, 0.4) is 0 Å². The number of benzene rings is 2. The first-order chi connectivity index (χ1) is 13.9. The van der Waals surface area contributed by atoms with Crippen molar-refractivity contribution in [1.82, 2.24) is 4.90 Å². The number of aryl methyl sites for hydroxylation is 2. The van der Waals surface area contributed by atoms with Gasteiger partial charge in [-0.25, -0.2) is 4.39 Å². The van der Waals surface area contributed by atoms with E-state index in [9.17, 15) is 14.0 Å². The van der Waals surface area contributed by atoms with Crippen molar-refractivity contribution in [2.24, 2.45) is 0 Å². The molecule has 154 valence electrons. The van der Waals surface area contributed by atoms with Gasteiger partial charge >= 0.3 is 0 Å². The molecule has 1 aliphatic heterocycles. The second-order valence-electron chi connectivity index (χ2n) is 7.36. The number of hydrogen-bond donors (Lipinski definition) is 0. The Hall–Kier alpha value is -2.89. The Kier molecular flexibility index (Phi) is 6.52. The van der Waals surface area contributed by atoms with Crippen molar-refractivity contribution in [3.8, 4) is 0 Å². The Balaban J connectivity index is 1.70.